The van der Waals surface area contributed by atoms with Gasteiger partial charge in [-0.25, -0.2) is 0 Å². The minimum Gasteiger partial charge on any atom is -0.493 e. The Hall–Kier alpha value is -1.77. The Balaban J connectivity index is 3.13. The fourth-order valence-electron chi connectivity index (χ4n) is 2.39. The third kappa shape index (κ3) is 5.55. The van der Waals surface area contributed by atoms with E-state index in [0.717, 1.165) is 42.8 Å². The number of ether oxygens (including phenoxy) is 1. The van der Waals surface area contributed by atoms with Gasteiger partial charge in [0.25, 0.3) is 0 Å². The van der Waals surface area contributed by atoms with E-state index in [1.165, 1.54) is 5.56 Å². The van der Waals surface area contributed by atoms with Crippen LogP contribution in [0.2, 0.25) is 0 Å². The summed E-state index contributed by atoms with van der Waals surface area (Å²) in [5.41, 5.74) is 3.40. The van der Waals surface area contributed by atoms with Gasteiger partial charge in [0.2, 0.25) is 0 Å². The summed E-state index contributed by atoms with van der Waals surface area (Å²) in [6.07, 6.45) is 4.77. The maximum absolute atomic E-state index is 10.8. The van der Waals surface area contributed by atoms with Crippen molar-refractivity contribution >= 4 is 11.5 Å². The molecule has 0 unspecified atom stereocenters. The SMILES string of the molecule is CCCOc1ccc(/C(=C/CC(=O)O)CCC)cc1C(C)C. The van der Waals surface area contributed by atoms with Crippen LogP contribution in [0, 0.1) is 0 Å². The number of allylic oxidation sites excluding steroid dienone is 1. The van der Waals surface area contributed by atoms with Gasteiger partial charge in [-0.2, -0.15) is 0 Å². The average Bonchev–Trinajstić information content (AvgIpc) is 2.49. The quantitative estimate of drug-likeness (QED) is 0.677. The second-order valence-corrected chi connectivity index (χ2v) is 5.83. The molecule has 3 nitrogen and oxygen atoms in total. The van der Waals surface area contributed by atoms with E-state index >= 15 is 0 Å². The largest absolute Gasteiger partial charge is 0.493 e. The van der Waals surface area contributed by atoms with Crippen LogP contribution in [0.3, 0.4) is 0 Å². The lowest BCUT2D eigenvalue weighted by Crippen LogP contribution is -2.01. The van der Waals surface area contributed by atoms with Crippen molar-refractivity contribution in [3.63, 3.8) is 0 Å². The first-order valence-corrected chi connectivity index (χ1v) is 8.17. The molecule has 0 spiro atoms. The molecule has 0 aromatic heterocycles. The Morgan fingerprint density at radius 3 is 2.55 bits per heavy atom. The third-order valence-electron chi connectivity index (χ3n) is 3.51. The average molecular weight is 304 g/mol. The highest BCUT2D eigenvalue weighted by atomic mass is 16.5. The van der Waals surface area contributed by atoms with Gasteiger partial charge in [0, 0.05) is 0 Å². The van der Waals surface area contributed by atoms with E-state index in [1.54, 1.807) is 0 Å². The Morgan fingerprint density at radius 2 is 2.00 bits per heavy atom. The minimum atomic E-state index is -0.791. The number of carboxylic acids is 1. The number of hydrogen-bond donors (Lipinski definition) is 1. The summed E-state index contributed by atoms with van der Waals surface area (Å²) in [5, 5.41) is 8.90. The zero-order chi connectivity index (χ0) is 16.5. The molecule has 0 saturated carbocycles. The van der Waals surface area contributed by atoms with Crippen LogP contribution in [0.5, 0.6) is 5.75 Å². The molecule has 0 radical (unpaired) electrons. The second-order valence-electron chi connectivity index (χ2n) is 5.83. The van der Waals surface area contributed by atoms with Crippen molar-refractivity contribution in [1.29, 1.82) is 0 Å². The predicted molar refractivity (Wildman–Crippen MR) is 91.5 cm³/mol. The Morgan fingerprint density at radius 1 is 1.27 bits per heavy atom. The number of aliphatic carboxylic acids is 1. The molecule has 0 amide bonds. The fourth-order valence-corrected chi connectivity index (χ4v) is 2.39. The van der Waals surface area contributed by atoms with Crippen LogP contribution in [0.15, 0.2) is 24.3 Å². The van der Waals surface area contributed by atoms with Crippen molar-refractivity contribution in [3.05, 3.63) is 35.4 Å². The summed E-state index contributed by atoms with van der Waals surface area (Å²) >= 11 is 0. The van der Waals surface area contributed by atoms with E-state index in [0.29, 0.717) is 5.92 Å². The first kappa shape index (κ1) is 18.3. The van der Waals surface area contributed by atoms with Crippen LogP contribution in [0.1, 0.15) is 70.4 Å². The number of hydrogen-bond acceptors (Lipinski definition) is 2. The molecule has 22 heavy (non-hydrogen) atoms. The third-order valence-corrected chi connectivity index (χ3v) is 3.51. The van der Waals surface area contributed by atoms with Gasteiger partial charge in [-0.3, -0.25) is 4.79 Å². The normalized spacial score (nSPS) is 11.8. The smallest absolute Gasteiger partial charge is 0.307 e. The van der Waals surface area contributed by atoms with E-state index in [4.69, 9.17) is 9.84 Å². The van der Waals surface area contributed by atoms with Gasteiger partial charge in [0.05, 0.1) is 13.0 Å². The van der Waals surface area contributed by atoms with Gasteiger partial charge >= 0.3 is 5.97 Å². The second kappa shape index (κ2) is 9.29. The summed E-state index contributed by atoms with van der Waals surface area (Å²) in [6, 6.07) is 6.21. The fraction of sp³-hybridized carbons (Fsp3) is 0.526. The van der Waals surface area contributed by atoms with Crippen molar-refractivity contribution in [1.82, 2.24) is 0 Å². The minimum absolute atomic E-state index is 0.0699. The lowest BCUT2D eigenvalue weighted by atomic mass is 9.94. The van der Waals surface area contributed by atoms with E-state index in [-0.39, 0.29) is 6.42 Å². The first-order valence-electron chi connectivity index (χ1n) is 8.17. The van der Waals surface area contributed by atoms with Crippen molar-refractivity contribution in [2.75, 3.05) is 6.61 Å². The maximum atomic E-state index is 10.8. The van der Waals surface area contributed by atoms with E-state index in [1.807, 2.05) is 18.2 Å². The molecule has 122 valence electrons. The molecular weight excluding hydrogens is 276 g/mol. The number of benzene rings is 1. The highest BCUT2D eigenvalue weighted by molar-refractivity contribution is 5.74. The zero-order valence-corrected chi connectivity index (χ0v) is 14.2. The molecule has 0 aliphatic heterocycles. The molecule has 3 heteroatoms. The maximum Gasteiger partial charge on any atom is 0.307 e. The first-order chi connectivity index (χ1) is 10.5. The summed E-state index contributed by atoms with van der Waals surface area (Å²) < 4.78 is 5.83. The van der Waals surface area contributed by atoms with Crippen molar-refractivity contribution in [3.8, 4) is 5.75 Å². The van der Waals surface area contributed by atoms with Crippen molar-refractivity contribution in [2.24, 2.45) is 0 Å². The molecule has 1 aromatic carbocycles. The van der Waals surface area contributed by atoms with Crippen LogP contribution in [-0.2, 0) is 4.79 Å². The van der Waals surface area contributed by atoms with Gasteiger partial charge in [0.1, 0.15) is 5.75 Å². The Bertz CT molecular complexity index is 515. The van der Waals surface area contributed by atoms with Crippen LogP contribution in [0.4, 0.5) is 0 Å². The summed E-state index contributed by atoms with van der Waals surface area (Å²) in [7, 11) is 0. The number of carbonyl (C=O) groups is 1. The molecule has 0 saturated heterocycles. The Labute approximate surface area is 134 Å². The summed E-state index contributed by atoms with van der Waals surface area (Å²) in [4.78, 5) is 10.8. The molecule has 1 rings (SSSR count). The molecule has 1 aromatic rings. The summed E-state index contributed by atoms with van der Waals surface area (Å²) in [5.74, 6) is 0.518. The monoisotopic (exact) mass is 304 g/mol. The van der Waals surface area contributed by atoms with Gasteiger partial charge in [-0.1, -0.05) is 46.3 Å². The molecular formula is C19H28O3. The number of carboxylic acid groups (broad SMARTS) is 1. The lowest BCUT2D eigenvalue weighted by Gasteiger charge is -2.16. The van der Waals surface area contributed by atoms with E-state index in [2.05, 4.69) is 33.8 Å². The summed E-state index contributed by atoms with van der Waals surface area (Å²) in [6.45, 7) is 9.22. The molecule has 0 atom stereocenters. The van der Waals surface area contributed by atoms with Crippen molar-refractivity contribution < 1.29 is 14.6 Å². The zero-order valence-electron chi connectivity index (χ0n) is 14.2. The Kier molecular flexibility index (Phi) is 7.72. The van der Waals surface area contributed by atoms with Crippen molar-refractivity contribution in [2.45, 2.75) is 59.3 Å². The predicted octanol–water partition coefficient (Wildman–Crippen LogP) is 5.26. The van der Waals surface area contributed by atoms with Gasteiger partial charge in [0.15, 0.2) is 0 Å². The van der Waals surface area contributed by atoms with Crippen LogP contribution < -0.4 is 4.74 Å². The molecule has 1 N–H and O–H groups in total. The van der Waals surface area contributed by atoms with Crippen LogP contribution >= 0.6 is 0 Å². The molecule has 0 fully saturated rings. The molecule has 0 heterocycles. The van der Waals surface area contributed by atoms with Gasteiger partial charge < -0.3 is 9.84 Å². The van der Waals surface area contributed by atoms with Gasteiger partial charge in [-0.05, 0) is 47.6 Å². The van der Waals surface area contributed by atoms with E-state index < -0.39 is 5.97 Å². The molecule has 0 aliphatic carbocycles. The highest BCUT2D eigenvalue weighted by Crippen LogP contribution is 2.31. The topological polar surface area (TPSA) is 46.5 Å². The van der Waals surface area contributed by atoms with E-state index in [9.17, 15) is 4.79 Å². The lowest BCUT2D eigenvalue weighted by molar-refractivity contribution is -0.135. The van der Waals surface area contributed by atoms with Crippen LogP contribution in [0.25, 0.3) is 5.57 Å². The molecule has 0 aliphatic rings. The standard InChI is InChI=1S/C19H28O3/c1-5-7-15(9-11-19(20)21)16-8-10-18(22-12-6-2)17(13-16)14(3)4/h8-10,13-14H,5-7,11-12H2,1-4H3,(H,20,21)/b15-9+. The number of rotatable bonds is 9. The highest BCUT2D eigenvalue weighted by Gasteiger charge is 2.11. The van der Waals surface area contributed by atoms with Crippen LogP contribution in [-0.4, -0.2) is 17.7 Å². The molecule has 0 bridgehead atoms. The van der Waals surface area contributed by atoms with Gasteiger partial charge in [-0.15, -0.1) is 0 Å².